The summed E-state index contributed by atoms with van der Waals surface area (Å²) < 4.78 is 0. The third-order valence-corrected chi connectivity index (χ3v) is 5.64. The lowest BCUT2D eigenvalue weighted by Gasteiger charge is -2.20. The van der Waals surface area contributed by atoms with Gasteiger partial charge in [-0.15, -0.1) is 23.7 Å². The fourth-order valence-electron chi connectivity index (χ4n) is 3.28. The van der Waals surface area contributed by atoms with Gasteiger partial charge in [0.15, 0.2) is 10.8 Å². The molecule has 1 amide bonds. The summed E-state index contributed by atoms with van der Waals surface area (Å²) in [5.41, 5.74) is 2.74. The van der Waals surface area contributed by atoms with Gasteiger partial charge in [0.1, 0.15) is 0 Å². The highest BCUT2D eigenvalue weighted by molar-refractivity contribution is 7.15. The van der Waals surface area contributed by atoms with E-state index in [0.717, 1.165) is 42.7 Å². The number of fused-ring (bicyclic) bond motifs is 1. The van der Waals surface area contributed by atoms with Crippen LogP contribution < -0.4 is 10.6 Å². The number of rotatable bonds is 3. The first kappa shape index (κ1) is 18.8. The van der Waals surface area contributed by atoms with E-state index in [1.165, 1.54) is 4.88 Å². The molecule has 0 unspecified atom stereocenters. The topological polar surface area (TPSA) is 95.6 Å². The molecule has 0 aliphatic carbocycles. The maximum Gasteiger partial charge on any atom is 0.258 e. The zero-order chi connectivity index (χ0) is 17.4. The van der Waals surface area contributed by atoms with Crippen LogP contribution in [0.1, 0.15) is 45.4 Å². The number of halogens is 1. The Morgan fingerprint density at radius 1 is 1.31 bits per heavy atom. The van der Waals surface area contributed by atoms with E-state index in [1.54, 1.807) is 17.4 Å². The molecule has 0 atom stereocenters. The predicted molar refractivity (Wildman–Crippen MR) is 106 cm³/mol. The van der Waals surface area contributed by atoms with Gasteiger partial charge < -0.3 is 5.32 Å². The Bertz CT molecular complexity index is 931. The van der Waals surface area contributed by atoms with Gasteiger partial charge in [-0.3, -0.25) is 15.2 Å². The number of anilines is 1. The Balaban J connectivity index is 0.00000196. The Hall–Kier alpha value is -2.03. The first-order chi connectivity index (χ1) is 12.1. The molecular weight excluding hydrogens is 372 g/mol. The molecule has 0 saturated carbocycles. The molecule has 0 aromatic carbocycles. The lowest BCUT2D eigenvalue weighted by Crippen LogP contribution is -2.26. The van der Waals surface area contributed by atoms with E-state index in [2.05, 4.69) is 30.8 Å². The van der Waals surface area contributed by atoms with Crippen molar-refractivity contribution < 1.29 is 4.79 Å². The summed E-state index contributed by atoms with van der Waals surface area (Å²) in [6, 6.07) is 1.79. The van der Waals surface area contributed by atoms with E-state index < -0.39 is 0 Å². The van der Waals surface area contributed by atoms with Crippen LogP contribution in [-0.2, 0) is 0 Å². The van der Waals surface area contributed by atoms with Gasteiger partial charge >= 0.3 is 0 Å². The molecule has 3 aromatic rings. The summed E-state index contributed by atoms with van der Waals surface area (Å²) in [5, 5.41) is 14.8. The number of carbonyl (C=O) groups is 1. The van der Waals surface area contributed by atoms with Crippen LogP contribution >= 0.6 is 23.7 Å². The number of nitrogens with one attached hydrogen (secondary N) is 3. The van der Waals surface area contributed by atoms with E-state index >= 15 is 0 Å². The van der Waals surface area contributed by atoms with Crippen molar-refractivity contribution in [3.05, 3.63) is 34.1 Å². The Labute approximate surface area is 161 Å². The molecule has 4 heterocycles. The number of piperidine rings is 1. The average molecular weight is 393 g/mol. The number of thiazole rings is 1. The fraction of sp³-hybridized carbons (Fsp3) is 0.412. The zero-order valence-electron chi connectivity index (χ0n) is 14.6. The van der Waals surface area contributed by atoms with Crippen LogP contribution in [0.25, 0.3) is 11.0 Å². The molecular formula is C17H21ClN6OS. The standard InChI is InChI=1S/C17H20N6OS.ClH/c1-9-7-12(14-10(2)22-23-15(14)20-9)16(24)21-17-19-8-13(25-17)11-3-5-18-6-4-11;/h7-8,11,18H,3-6H2,1-2H3,(H,19,21,24)(H,20,22,23);1H. The van der Waals surface area contributed by atoms with E-state index in [1.807, 2.05) is 20.0 Å². The van der Waals surface area contributed by atoms with Crippen LogP contribution in [0.4, 0.5) is 5.13 Å². The van der Waals surface area contributed by atoms with E-state index in [9.17, 15) is 4.79 Å². The molecule has 1 fully saturated rings. The fourth-order valence-corrected chi connectivity index (χ4v) is 4.26. The van der Waals surface area contributed by atoms with Crippen LogP contribution in [0.15, 0.2) is 12.3 Å². The van der Waals surface area contributed by atoms with Gasteiger partial charge in [0.05, 0.1) is 10.9 Å². The van der Waals surface area contributed by atoms with Crippen LogP contribution in [-0.4, -0.2) is 39.2 Å². The molecule has 3 N–H and O–H groups in total. The van der Waals surface area contributed by atoms with Crippen molar-refractivity contribution in [3.63, 3.8) is 0 Å². The van der Waals surface area contributed by atoms with Crippen molar-refractivity contribution in [2.45, 2.75) is 32.6 Å². The molecule has 0 spiro atoms. The maximum absolute atomic E-state index is 12.8. The molecule has 3 aromatic heterocycles. The zero-order valence-corrected chi connectivity index (χ0v) is 16.3. The van der Waals surface area contributed by atoms with Crippen LogP contribution in [0, 0.1) is 13.8 Å². The van der Waals surface area contributed by atoms with Crippen LogP contribution in [0.5, 0.6) is 0 Å². The molecule has 0 radical (unpaired) electrons. The summed E-state index contributed by atoms with van der Waals surface area (Å²) in [5.74, 6) is 0.363. The monoisotopic (exact) mass is 392 g/mol. The Kier molecular flexibility index (Phi) is 5.55. The van der Waals surface area contributed by atoms with Crippen molar-refractivity contribution in [1.82, 2.24) is 25.5 Å². The molecule has 1 saturated heterocycles. The molecule has 1 aliphatic rings. The van der Waals surface area contributed by atoms with E-state index in [4.69, 9.17) is 0 Å². The van der Waals surface area contributed by atoms with E-state index in [0.29, 0.717) is 22.3 Å². The van der Waals surface area contributed by atoms with Crippen molar-refractivity contribution in [3.8, 4) is 0 Å². The number of pyridine rings is 1. The average Bonchev–Trinajstić information content (AvgIpc) is 3.22. The second-order valence-electron chi connectivity index (χ2n) is 6.40. The van der Waals surface area contributed by atoms with Crippen molar-refractivity contribution in [1.29, 1.82) is 0 Å². The minimum absolute atomic E-state index is 0. The van der Waals surface area contributed by atoms with Gasteiger partial charge in [0.25, 0.3) is 5.91 Å². The first-order valence-corrected chi connectivity index (χ1v) is 9.23. The van der Waals surface area contributed by atoms with Gasteiger partial charge in [0, 0.05) is 22.5 Å². The molecule has 1 aliphatic heterocycles. The minimum atomic E-state index is -0.175. The highest BCUT2D eigenvalue weighted by atomic mass is 35.5. The third kappa shape index (κ3) is 3.58. The highest BCUT2D eigenvalue weighted by Crippen LogP contribution is 2.32. The number of carbonyl (C=O) groups excluding carboxylic acids is 1. The smallest absolute Gasteiger partial charge is 0.258 e. The minimum Gasteiger partial charge on any atom is -0.317 e. The quantitative estimate of drug-likeness (QED) is 0.636. The number of aromatic amines is 1. The van der Waals surface area contributed by atoms with Crippen molar-refractivity contribution >= 4 is 45.8 Å². The Morgan fingerprint density at radius 3 is 2.85 bits per heavy atom. The largest absolute Gasteiger partial charge is 0.317 e. The predicted octanol–water partition coefficient (Wildman–Crippen LogP) is 3.17. The number of amides is 1. The summed E-state index contributed by atoms with van der Waals surface area (Å²) in [7, 11) is 0. The molecule has 26 heavy (non-hydrogen) atoms. The molecule has 7 nitrogen and oxygen atoms in total. The number of nitrogens with zero attached hydrogens (tertiary/aromatic N) is 3. The number of hydrogen-bond donors (Lipinski definition) is 3. The lowest BCUT2D eigenvalue weighted by atomic mass is 9.97. The SMILES string of the molecule is Cc1cc(C(=O)Nc2ncc(C3CCNCC3)s2)c2c(C)[nH]nc2n1.Cl. The van der Waals surface area contributed by atoms with Gasteiger partial charge in [-0.1, -0.05) is 0 Å². The van der Waals surface area contributed by atoms with E-state index in [-0.39, 0.29) is 18.3 Å². The first-order valence-electron chi connectivity index (χ1n) is 8.42. The molecule has 9 heteroatoms. The second-order valence-corrected chi connectivity index (χ2v) is 7.47. The lowest BCUT2D eigenvalue weighted by molar-refractivity contribution is 0.102. The third-order valence-electron chi connectivity index (χ3n) is 4.56. The van der Waals surface area contributed by atoms with Crippen LogP contribution in [0.3, 0.4) is 0 Å². The van der Waals surface area contributed by atoms with Crippen LogP contribution in [0.2, 0.25) is 0 Å². The normalized spacial score (nSPS) is 15.0. The van der Waals surface area contributed by atoms with Gasteiger partial charge in [0.2, 0.25) is 0 Å². The summed E-state index contributed by atoms with van der Waals surface area (Å²) >= 11 is 1.57. The van der Waals surface area contributed by atoms with Gasteiger partial charge in [-0.2, -0.15) is 5.10 Å². The maximum atomic E-state index is 12.8. The summed E-state index contributed by atoms with van der Waals surface area (Å²) in [6.45, 7) is 5.83. The number of aromatic nitrogens is 4. The highest BCUT2D eigenvalue weighted by Gasteiger charge is 2.20. The summed E-state index contributed by atoms with van der Waals surface area (Å²) in [6.07, 6.45) is 4.13. The number of aryl methyl sites for hydroxylation is 2. The number of H-pyrrole nitrogens is 1. The number of hydrogen-bond acceptors (Lipinski definition) is 6. The summed E-state index contributed by atoms with van der Waals surface area (Å²) in [4.78, 5) is 22.8. The molecule has 4 rings (SSSR count). The molecule has 138 valence electrons. The van der Waals surface area contributed by atoms with Gasteiger partial charge in [-0.05, 0) is 51.8 Å². The Morgan fingerprint density at radius 2 is 2.08 bits per heavy atom. The molecule has 0 bridgehead atoms. The second kappa shape index (κ2) is 7.69. The van der Waals surface area contributed by atoms with Crippen molar-refractivity contribution in [2.75, 3.05) is 18.4 Å². The van der Waals surface area contributed by atoms with Gasteiger partial charge in [-0.25, -0.2) is 9.97 Å². The van der Waals surface area contributed by atoms with Crippen molar-refractivity contribution in [2.24, 2.45) is 0 Å².